The van der Waals surface area contributed by atoms with Crippen molar-refractivity contribution < 1.29 is 15.4 Å². The molecule has 2 atom stereocenters. The predicted octanol–water partition coefficient (Wildman–Crippen LogP) is 3.53. The molecule has 4 N–H and O–H groups in total. The average Bonchev–Trinajstić information content (AvgIpc) is 2.59. The highest BCUT2D eigenvalue weighted by molar-refractivity contribution is 6.20. The monoisotopic (exact) mass is 418 g/mol. The average molecular weight is 419 g/mol. The van der Waals surface area contributed by atoms with Crippen LogP contribution in [0.2, 0.25) is 0 Å². The summed E-state index contributed by atoms with van der Waals surface area (Å²) in [5, 5.41) is 14.7. The lowest BCUT2D eigenvalue weighted by atomic mass is 9.79. The van der Waals surface area contributed by atoms with Gasteiger partial charge in [-0.3, -0.25) is 4.79 Å². The van der Waals surface area contributed by atoms with E-state index in [0.717, 1.165) is 37.8 Å². The van der Waals surface area contributed by atoms with E-state index in [9.17, 15) is 9.90 Å². The van der Waals surface area contributed by atoms with Gasteiger partial charge in [0, 0.05) is 18.5 Å². The molecule has 1 saturated heterocycles. The van der Waals surface area contributed by atoms with E-state index in [0.29, 0.717) is 31.8 Å². The first-order valence-electron chi connectivity index (χ1n) is 10.3. The van der Waals surface area contributed by atoms with Crippen LogP contribution in [0, 0.1) is 11.8 Å². The van der Waals surface area contributed by atoms with E-state index in [2.05, 4.69) is 39.1 Å². The van der Waals surface area contributed by atoms with E-state index in [4.69, 9.17) is 11.6 Å². The van der Waals surface area contributed by atoms with Crippen LogP contribution in [-0.2, 0) is 4.79 Å². The van der Waals surface area contributed by atoms with Crippen LogP contribution in [0.1, 0.15) is 73.6 Å². The third-order valence-corrected chi connectivity index (χ3v) is 6.26. The number of nitrogens with zero attached hydrogens (tertiary/aromatic N) is 1. The van der Waals surface area contributed by atoms with Crippen molar-refractivity contribution in [3.05, 3.63) is 11.6 Å². The minimum absolute atomic E-state index is 0. The number of piperidine rings is 1. The van der Waals surface area contributed by atoms with Gasteiger partial charge in [-0.15, -0.1) is 11.6 Å². The van der Waals surface area contributed by atoms with Gasteiger partial charge in [0.05, 0.1) is 11.6 Å². The Morgan fingerprint density at radius 2 is 1.93 bits per heavy atom. The van der Waals surface area contributed by atoms with Crippen LogP contribution < -0.4 is 5.32 Å². The molecule has 0 aromatic carbocycles. The van der Waals surface area contributed by atoms with E-state index in [1.807, 2.05) is 4.90 Å². The number of hydrogen-bond acceptors (Lipinski definition) is 3. The lowest BCUT2D eigenvalue weighted by molar-refractivity contribution is -0.138. The summed E-state index contributed by atoms with van der Waals surface area (Å²) in [5.41, 5.74) is 0.392. The van der Waals surface area contributed by atoms with E-state index in [-0.39, 0.29) is 36.1 Å². The van der Waals surface area contributed by atoms with Gasteiger partial charge >= 0.3 is 0 Å². The molecule has 6 heteroatoms. The molecule has 1 aliphatic carbocycles. The lowest BCUT2D eigenvalue weighted by Crippen LogP contribution is -2.54. The smallest absolute Gasteiger partial charge is 0.239 e. The highest BCUT2D eigenvalue weighted by atomic mass is 35.5. The van der Waals surface area contributed by atoms with Gasteiger partial charge in [0.1, 0.15) is 0 Å². The normalized spacial score (nSPS) is 22.9. The van der Waals surface area contributed by atoms with Gasteiger partial charge in [0.2, 0.25) is 5.91 Å². The van der Waals surface area contributed by atoms with Gasteiger partial charge in [-0.1, -0.05) is 41.2 Å². The van der Waals surface area contributed by atoms with Gasteiger partial charge in [0.15, 0.2) is 0 Å². The summed E-state index contributed by atoms with van der Waals surface area (Å²) in [6.45, 7) is 10.7. The molecule has 1 unspecified atom stereocenters. The van der Waals surface area contributed by atoms with Gasteiger partial charge < -0.3 is 20.8 Å². The number of rotatable bonds is 7. The predicted molar refractivity (Wildman–Crippen MR) is 119 cm³/mol. The minimum Gasteiger partial charge on any atom is -0.412 e. The largest absolute Gasteiger partial charge is 0.412 e. The Hall–Kier alpha value is -0.620. The molecule has 1 amide bonds. The summed E-state index contributed by atoms with van der Waals surface area (Å²) in [6, 6.07) is -0.133. The maximum absolute atomic E-state index is 13.0. The highest BCUT2D eigenvalue weighted by Crippen LogP contribution is 2.36. The second kappa shape index (κ2) is 12.2. The molecule has 2 rings (SSSR count). The van der Waals surface area contributed by atoms with Gasteiger partial charge in [0.25, 0.3) is 0 Å². The van der Waals surface area contributed by atoms with Crippen LogP contribution in [-0.4, -0.2) is 58.0 Å². The molecule has 166 valence electrons. The first-order valence-corrected chi connectivity index (χ1v) is 10.7. The Morgan fingerprint density at radius 3 is 2.39 bits per heavy atom. The van der Waals surface area contributed by atoms with E-state index in [1.54, 1.807) is 0 Å². The number of carbonyl (C=O) groups is 1. The molecule has 0 aromatic heterocycles. The number of nitrogens with one attached hydrogen (secondary N) is 1. The van der Waals surface area contributed by atoms with Crippen molar-refractivity contribution in [3.8, 4) is 0 Å². The quantitative estimate of drug-likeness (QED) is 0.490. The zero-order valence-corrected chi connectivity index (χ0v) is 18.2. The number of allylic oxidation sites excluding steroid dienone is 1. The molecule has 2 aliphatic rings. The third-order valence-electron chi connectivity index (χ3n) is 5.87. The first-order chi connectivity index (χ1) is 12.2. The number of amides is 1. The third kappa shape index (κ3) is 7.33. The molecule has 0 aromatic rings. The molecule has 0 spiro atoms. The second-order valence-electron chi connectivity index (χ2n) is 8.82. The zero-order valence-electron chi connectivity index (χ0n) is 17.4. The molecule has 0 radical (unpaired) electrons. The second-order valence-corrected chi connectivity index (χ2v) is 9.43. The topological polar surface area (TPSA) is 84.1 Å². The summed E-state index contributed by atoms with van der Waals surface area (Å²) < 4.78 is 0. The van der Waals surface area contributed by atoms with Crippen molar-refractivity contribution in [1.29, 1.82) is 0 Å². The Bertz CT molecular complexity index is 500. The number of hydrogen-bond donors (Lipinski definition) is 2. The standard InChI is InChI=1S/C21H37ClN2O2.CH4.H2O/c1-15(2)9-12-23-19(16(3)4)20(25)24-13-10-21(26,11-14-24)17-5-7-18(22)8-6-17;;/h5,15-16,18-19,23,26H,6-14H2,1-4H3;1H4;1H2/t18?,19-;;/m1../s1. The SMILES string of the molecule is C.CC(C)CCN[C@@H](C(=O)N1CCC(O)(C2=CCC(Cl)CC2)CC1)C(C)C.O. The van der Waals surface area contributed by atoms with Gasteiger partial charge in [-0.05, 0) is 62.5 Å². The summed E-state index contributed by atoms with van der Waals surface area (Å²) in [6.07, 6.45) is 7.13. The summed E-state index contributed by atoms with van der Waals surface area (Å²) in [4.78, 5) is 14.9. The van der Waals surface area contributed by atoms with Crippen molar-refractivity contribution >= 4 is 17.5 Å². The maximum atomic E-state index is 13.0. The van der Waals surface area contributed by atoms with E-state index < -0.39 is 5.60 Å². The van der Waals surface area contributed by atoms with Gasteiger partial charge in [-0.2, -0.15) is 0 Å². The number of alkyl halides is 1. The van der Waals surface area contributed by atoms with Crippen molar-refractivity contribution in [2.24, 2.45) is 11.8 Å². The fourth-order valence-electron chi connectivity index (χ4n) is 3.98. The number of aliphatic hydroxyl groups is 1. The van der Waals surface area contributed by atoms with E-state index >= 15 is 0 Å². The highest BCUT2D eigenvalue weighted by Gasteiger charge is 2.39. The summed E-state index contributed by atoms with van der Waals surface area (Å²) >= 11 is 6.17. The van der Waals surface area contributed by atoms with Crippen molar-refractivity contribution in [2.45, 2.75) is 90.7 Å². The van der Waals surface area contributed by atoms with Crippen LogP contribution in [0.4, 0.5) is 0 Å². The van der Waals surface area contributed by atoms with Crippen molar-refractivity contribution in [1.82, 2.24) is 10.2 Å². The fourth-order valence-corrected chi connectivity index (χ4v) is 4.17. The molecule has 1 fully saturated rings. The van der Waals surface area contributed by atoms with Crippen LogP contribution >= 0.6 is 11.6 Å². The number of halogens is 1. The Kier molecular flexibility index (Phi) is 11.9. The fraction of sp³-hybridized carbons (Fsp3) is 0.864. The molecule has 0 saturated carbocycles. The van der Waals surface area contributed by atoms with Crippen molar-refractivity contribution in [3.63, 3.8) is 0 Å². The van der Waals surface area contributed by atoms with Crippen LogP contribution in [0.5, 0.6) is 0 Å². The zero-order chi connectivity index (χ0) is 19.3. The summed E-state index contributed by atoms with van der Waals surface area (Å²) in [5.74, 6) is 1.08. The molecule has 5 nitrogen and oxygen atoms in total. The van der Waals surface area contributed by atoms with Crippen LogP contribution in [0.3, 0.4) is 0 Å². The lowest BCUT2D eigenvalue weighted by Gasteiger charge is -2.42. The Balaban J connectivity index is 0.00000364. The van der Waals surface area contributed by atoms with E-state index in [1.165, 1.54) is 0 Å². The van der Waals surface area contributed by atoms with Crippen molar-refractivity contribution in [2.75, 3.05) is 19.6 Å². The van der Waals surface area contributed by atoms with Crippen LogP contribution in [0.15, 0.2) is 11.6 Å². The molecule has 28 heavy (non-hydrogen) atoms. The van der Waals surface area contributed by atoms with Crippen LogP contribution in [0.25, 0.3) is 0 Å². The molecular formula is C22H43ClN2O3. The number of carbonyl (C=O) groups excluding carboxylic acids is 1. The molecular weight excluding hydrogens is 376 g/mol. The molecule has 1 heterocycles. The molecule has 0 bridgehead atoms. The Morgan fingerprint density at radius 1 is 1.32 bits per heavy atom. The summed E-state index contributed by atoms with van der Waals surface area (Å²) in [7, 11) is 0. The minimum atomic E-state index is -0.744. The number of likely N-dealkylation sites (tertiary alicyclic amines) is 1. The van der Waals surface area contributed by atoms with Gasteiger partial charge in [-0.25, -0.2) is 0 Å². The first kappa shape index (κ1) is 27.4. The molecule has 1 aliphatic heterocycles. The Labute approximate surface area is 177 Å². The maximum Gasteiger partial charge on any atom is 0.239 e.